The standard InChI is InChI=1S/C8H4O3/c9-5-3-1-2-4-6(5)8(11)7(4)10/h1-3,9H. The molecule has 0 saturated carbocycles. The molecule has 0 saturated heterocycles. The second-order valence-electron chi connectivity index (χ2n) is 2.36. The number of phenols is 1. The summed E-state index contributed by atoms with van der Waals surface area (Å²) in [6, 6.07) is 4.46. The molecular formula is C8H4O3. The van der Waals surface area contributed by atoms with Gasteiger partial charge in [-0.25, -0.2) is 0 Å². The summed E-state index contributed by atoms with van der Waals surface area (Å²) in [6.07, 6.45) is 0. The number of aromatic hydroxyl groups is 1. The Morgan fingerprint density at radius 2 is 1.82 bits per heavy atom. The molecule has 3 nitrogen and oxygen atoms in total. The molecule has 0 aliphatic carbocycles. The monoisotopic (exact) mass is 148 g/mol. The Labute approximate surface area is 61.2 Å². The van der Waals surface area contributed by atoms with Crippen LogP contribution in [0.4, 0.5) is 0 Å². The van der Waals surface area contributed by atoms with Crippen molar-refractivity contribution < 1.29 is 5.11 Å². The van der Waals surface area contributed by atoms with Crippen molar-refractivity contribution in [2.75, 3.05) is 0 Å². The van der Waals surface area contributed by atoms with Crippen LogP contribution < -0.4 is 10.9 Å². The zero-order valence-electron chi connectivity index (χ0n) is 5.50. The minimum Gasteiger partial charge on any atom is -0.507 e. The number of rotatable bonds is 0. The molecule has 0 aliphatic rings. The van der Waals surface area contributed by atoms with Crippen molar-refractivity contribution in [1.82, 2.24) is 0 Å². The lowest BCUT2D eigenvalue weighted by molar-refractivity contribution is 0.481. The summed E-state index contributed by atoms with van der Waals surface area (Å²) in [5.41, 5.74) is -1.09. The largest absolute Gasteiger partial charge is 0.507 e. The van der Waals surface area contributed by atoms with E-state index in [1.807, 2.05) is 0 Å². The average Bonchev–Trinajstić information content (AvgIpc) is 2.03. The van der Waals surface area contributed by atoms with Gasteiger partial charge in [0.1, 0.15) is 5.75 Å². The molecule has 0 atom stereocenters. The van der Waals surface area contributed by atoms with E-state index in [2.05, 4.69) is 0 Å². The van der Waals surface area contributed by atoms with Gasteiger partial charge in [0.05, 0.1) is 5.39 Å². The minimum absolute atomic E-state index is 0.105. The number of phenolic OH excluding ortho intramolecular Hbond substituents is 1. The van der Waals surface area contributed by atoms with Crippen molar-refractivity contribution in [1.29, 1.82) is 0 Å². The van der Waals surface area contributed by atoms with Gasteiger partial charge in [0.25, 0.3) is 0 Å². The van der Waals surface area contributed by atoms with Gasteiger partial charge in [-0.3, -0.25) is 9.59 Å². The molecule has 11 heavy (non-hydrogen) atoms. The van der Waals surface area contributed by atoms with E-state index in [-0.39, 0.29) is 11.1 Å². The molecule has 2 rings (SSSR count). The fraction of sp³-hybridized carbons (Fsp3) is 0. The lowest BCUT2D eigenvalue weighted by atomic mass is 10.1. The van der Waals surface area contributed by atoms with Crippen molar-refractivity contribution >= 4 is 10.8 Å². The molecule has 54 valence electrons. The highest BCUT2D eigenvalue weighted by atomic mass is 16.3. The topological polar surface area (TPSA) is 54.4 Å². The third-order valence-corrected chi connectivity index (χ3v) is 1.72. The molecule has 0 aliphatic heterocycles. The summed E-state index contributed by atoms with van der Waals surface area (Å²) in [5.74, 6) is -0.105. The maximum atomic E-state index is 10.8. The lowest BCUT2D eigenvalue weighted by Crippen LogP contribution is -2.30. The SMILES string of the molecule is O=c1c(=O)c2c(O)cccc12. The lowest BCUT2D eigenvalue weighted by Gasteiger charge is -1.99. The van der Waals surface area contributed by atoms with E-state index in [0.29, 0.717) is 5.39 Å². The summed E-state index contributed by atoms with van der Waals surface area (Å²) in [7, 11) is 0. The maximum absolute atomic E-state index is 10.8. The molecule has 2 aromatic carbocycles. The predicted molar refractivity (Wildman–Crippen MR) is 40.5 cm³/mol. The van der Waals surface area contributed by atoms with Gasteiger partial charge in [-0.2, -0.15) is 0 Å². The first-order valence-corrected chi connectivity index (χ1v) is 3.13. The number of hydrogen-bond acceptors (Lipinski definition) is 3. The summed E-state index contributed by atoms with van der Waals surface area (Å²) >= 11 is 0. The highest BCUT2D eigenvalue weighted by molar-refractivity contribution is 5.92. The molecule has 0 bridgehead atoms. The Kier molecular flexibility index (Phi) is 0.938. The van der Waals surface area contributed by atoms with Crippen LogP contribution in [0.25, 0.3) is 10.8 Å². The fourth-order valence-corrected chi connectivity index (χ4v) is 1.14. The molecule has 1 N–H and O–H groups in total. The molecule has 2 aromatic rings. The molecule has 0 aromatic heterocycles. The van der Waals surface area contributed by atoms with Crippen LogP contribution in [-0.4, -0.2) is 5.11 Å². The molecule has 0 spiro atoms. The summed E-state index contributed by atoms with van der Waals surface area (Å²) in [4.78, 5) is 21.5. The third kappa shape index (κ3) is 0.570. The van der Waals surface area contributed by atoms with Crippen molar-refractivity contribution in [3.63, 3.8) is 0 Å². The minimum atomic E-state index is -0.585. The first-order valence-electron chi connectivity index (χ1n) is 3.13. The zero-order valence-corrected chi connectivity index (χ0v) is 5.50. The third-order valence-electron chi connectivity index (χ3n) is 1.72. The van der Waals surface area contributed by atoms with Crippen LogP contribution in [0.5, 0.6) is 5.75 Å². The van der Waals surface area contributed by atoms with Crippen LogP contribution in [0.2, 0.25) is 0 Å². The highest BCUT2D eigenvalue weighted by Gasteiger charge is 2.14. The van der Waals surface area contributed by atoms with E-state index in [1.54, 1.807) is 6.07 Å². The second-order valence-corrected chi connectivity index (χ2v) is 2.36. The van der Waals surface area contributed by atoms with Crippen LogP contribution in [-0.2, 0) is 0 Å². The smallest absolute Gasteiger partial charge is 0.238 e. The quantitative estimate of drug-likeness (QED) is 0.540. The van der Waals surface area contributed by atoms with Crippen LogP contribution >= 0.6 is 0 Å². The molecule has 0 amide bonds. The number of fused-ring (bicyclic) bond motifs is 1. The first-order chi connectivity index (χ1) is 5.22. The Morgan fingerprint density at radius 3 is 2.45 bits per heavy atom. The fourth-order valence-electron chi connectivity index (χ4n) is 1.14. The maximum Gasteiger partial charge on any atom is 0.238 e. The Balaban J connectivity index is 3.08. The van der Waals surface area contributed by atoms with E-state index in [0.717, 1.165) is 0 Å². The summed E-state index contributed by atoms with van der Waals surface area (Å²) in [5, 5.41) is 9.56. The van der Waals surface area contributed by atoms with Crippen molar-refractivity contribution in [2.24, 2.45) is 0 Å². The van der Waals surface area contributed by atoms with Crippen LogP contribution in [0, 0.1) is 0 Å². The Hall–Kier alpha value is -1.64. The Bertz CT molecular complexity index is 489. The van der Waals surface area contributed by atoms with Gasteiger partial charge in [-0.15, -0.1) is 0 Å². The van der Waals surface area contributed by atoms with Gasteiger partial charge in [0.2, 0.25) is 10.9 Å². The van der Waals surface area contributed by atoms with Crippen LogP contribution in [0.15, 0.2) is 27.8 Å². The van der Waals surface area contributed by atoms with E-state index in [1.165, 1.54) is 12.1 Å². The van der Waals surface area contributed by atoms with Crippen LogP contribution in [0.3, 0.4) is 0 Å². The van der Waals surface area contributed by atoms with Crippen LogP contribution in [0.1, 0.15) is 0 Å². The van der Waals surface area contributed by atoms with Crippen molar-refractivity contribution in [3.05, 3.63) is 38.6 Å². The zero-order chi connectivity index (χ0) is 8.01. The molecule has 3 heteroatoms. The molecule has 0 radical (unpaired) electrons. The van der Waals surface area contributed by atoms with Gasteiger partial charge in [-0.05, 0) is 12.1 Å². The van der Waals surface area contributed by atoms with Crippen molar-refractivity contribution in [3.8, 4) is 5.75 Å². The number of benzene rings is 1. The second kappa shape index (κ2) is 1.69. The number of hydrogen-bond donors (Lipinski definition) is 1. The Morgan fingerprint density at radius 1 is 1.09 bits per heavy atom. The first kappa shape index (κ1) is 6.09. The predicted octanol–water partition coefficient (Wildman–Crippen LogP) is 0.141. The van der Waals surface area contributed by atoms with Gasteiger partial charge >= 0.3 is 0 Å². The normalized spacial score (nSPS) is 10.9. The van der Waals surface area contributed by atoms with E-state index in [9.17, 15) is 9.59 Å². The highest BCUT2D eigenvalue weighted by Crippen LogP contribution is 2.18. The molecular weight excluding hydrogens is 144 g/mol. The van der Waals surface area contributed by atoms with Gasteiger partial charge < -0.3 is 5.11 Å². The summed E-state index contributed by atoms with van der Waals surface area (Å²) in [6.45, 7) is 0. The molecule has 0 heterocycles. The molecule has 0 fully saturated rings. The van der Waals surface area contributed by atoms with E-state index in [4.69, 9.17) is 5.11 Å². The van der Waals surface area contributed by atoms with Gasteiger partial charge in [-0.1, -0.05) is 6.07 Å². The average molecular weight is 148 g/mol. The molecule has 0 unspecified atom stereocenters. The van der Waals surface area contributed by atoms with Gasteiger partial charge in [0, 0.05) is 5.39 Å². The van der Waals surface area contributed by atoms with E-state index < -0.39 is 10.9 Å². The van der Waals surface area contributed by atoms with Crippen molar-refractivity contribution in [2.45, 2.75) is 0 Å². The van der Waals surface area contributed by atoms with E-state index >= 15 is 0 Å². The van der Waals surface area contributed by atoms with Gasteiger partial charge in [0.15, 0.2) is 0 Å². The summed E-state index contributed by atoms with van der Waals surface area (Å²) < 4.78 is 0.